The lowest BCUT2D eigenvalue weighted by Gasteiger charge is -2.34. The molecule has 0 spiro atoms. The molecule has 20 heavy (non-hydrogen) atoms. The summed E-state index contributed by atoms with van der Waals surface area (Å²) in [4.78, 5) is 2.58. The maximum absolute atomic E-state index is 5.50. The molecule has 1 heterocycles. The zero-order chi connectivity index (χ0) is 12.8. The smallest absolute Gasteiger partial charge is 0.119 e. The van der Waals surface area contributed by atoms with Crippen molar-refractivity contribution < 1.29 is 4.74 Å². The van der Waals surface area contributed by atoms with Gasteiger partial charge in [0.15, 0.2) is 0 Å². The summed E-state index contributed by atoms with van der Waals surface area (Å²) in [5, 5.41) is 3.41. The molecular weight excluding hydrogens is 295 g/mol. The number of halogens is 2. The van der Waals surface area contributed by atoms with Crippen molar-refractivity contribution >= 4 is 24.8 Å². The predicted octanol–water partition coefficient (Wildman–Crippen LogP) is 3.29. The lowest BCUT2D eigenvalue weighted by Crippen LogP contribution is -2.45. The third kappa shape index (κ3) is 5.13. The van der Waals surface area contributed by atoms with Crippen molar-refractivity contribution in [2.24, 2.45) is 0 Å². The molecule has 1 atom stereocenters. The van der Waals surface area contributed by atoms with E-state index in [4.69, 9.17) is 4.74 Å². The second-order valence-corrected chi connectivity index (χ2v) is 4.71. The molecular formula is C15H26Cl2N2O. The Bertz CT molecular complexity index is 353. The van der Waals surface area contributed by atoms with E-state index in [-0.39, 0.29) is 24.8 Å². The Labute approximate surface area is 134 Å². The molecule has 1 saturated heterocycles. The maximum atomic E-state index is 5.50. The molecule has 1 aromatic carbocycles. The summed E-state index contributed by atoms with van der Waals surface area (Å²) in [6.45, 7) is 9.51. The first-order chi connectivity index (χ1) is 8.85. The van der Waals surface area contributed by atoms with Gasteiger partial charge >= 0.3 is 0 Å². The SMILES string of the molecule is CCOc1ccc([C@H](CC)N2CCNCC2)cc1.Cl.Cl. The Hall–Kier alpha value is -0.480. The standard InChI is InChI=1S/C15H24N2O.2ClH/c1-3-15(17-11-9-16-10-12-17)13-5-7-14(8-6-13)18-4-2;;/h5-8,15-16H,3-4,9-12H2,1-2H3;2*1H/t15-;;/m0../s1. The Morgan fingerprint density at radius 1 is 1.10 bits per heavy atom. The van der Waals surface area contributed by atoms with Gasteiger partial charge in [-0.3, -0.25) is 4.90 Å². The highest BCUT2D eigenvalue weighted by atomic mass is 35.5. The van der Waals surface area contributed by atoms with Crippen molar-refractivity contribution in [1.82, 2.24) is 10.2 Å². The number of rotatable bonds is 5. The molecule has 0 radical (unpaired) electrons. The molecule has 116 valence electrons. The number of hydrogen-bond acceptors (Lipinski definition) is 3. The highest BCUT2D eigenvalue weighted by Gasteiger charge is 2.20. The highest BCUT2D eigenvalue weighted by Crippen LogP contribution is 2.26. The topological polar surface area (TPSA) is 24.5 Å². The zero-order valence-electron chi connectivity index (χ0n) is 12.3. The monoisotopic (exact) mass is 320 g/mol. The first-order valence-corrected chi connectivity index (χ1v) is 7.02. The minimum atomic E-state index is 0. The molecule has 3 nitrogen and oxygen atoms in total. The van der Waals surface area contributed by atoms with Crippen LogP contribution in [0.3, 0.4) is 0 Å². The Kier molecular flexibility index (Phi) is 10.0. The summed E-state index contributed by atoms with van der Waals surface area (Å²) < 4.78 is 5.50. The second-order valence-electron chi connectivity index (χ2n) is 4.71. The number of nitrogens with zero attached hydrogens (tertiary/aromatic N) is 1. The molecule has 1 aliphatic heterocycles. The molecule has 2 rings (SSSR count). The molecule has 0 bridgehead atoms. The third-order valence-corrected chi connectivity index (χ3v) is 3.55. The summed E-state index contributed by atoms with van der Waals surface area (Å²) >= 11 is 0. The fourth-order valence-corrected chi connectivity index (χ4v) is 2.65. The van der Waals surface area contributed by atoms with Gasteiger partial charge in [0.2, 0.25) is 0 Å². The van der Waals surface area contributed by atoms with Gasteiger partial charge in [-0.25, -0.2) is 0 Å². The highest BCUT2D eigenvalue weighted by molar-refractivity contribution is 5.85. The van der Waals surface area contributed by atoms with Crippen LogP contribution in [0.1, 0.15) is 31.9 Å². The van der Waals surface area contributed by atoms with Crippen molar-refractivity contribution in [3.05, 3.63) is 29.8 Å². The van der Waals surface area contributed by atoms with Gasteiger partial charge in [-0.1, -0.05) is 19.1 Å². The Morgan fingerprint density at radius 2 is 1.70 bits per heavy atom. The van der Waals surface area contributed by atoms with E-state index in [9.17, 15) is 0 Å². The maximum Gasteiger partial charge on any atom is 0.119 e. The number of piperazine rings is 1. The van der Waals surface area contributed by atoms with Crippen LogP contribution >= 0.6 is 24.8 Å². The minimum absolute atomic E-state index is 0. The van der Waals surface area contributed by atoms with E-state index in [1.165, 1.54) is 5.56 Å². The summed E-state index contributed by atoms with van der Waals surface area (Å²) in [5.74, 6) is 0.969. The van der Waals surface area contributed by atoms with Crippen LogP contribution in [0, 0.1) is 0 Å². The molecule has 0 saturated carbocycles. The Balaban J connectivity index is 0.00000180. The summed E-state index contributed by atoms with van der Waals surface area (Å²) in [7, 11) is 0. The van der Waals surface area contributed by atoms with Gasteiger partial charge in [-0.15, -0.1) is 24.8 Å². The van der Waals surface area contributed by atoms with Gasteiger partial charge in [0.1, 0.15) is 5.75 Å². The first kappa shape index (κ1) is 19.5. The summed E-state index contributed by atoms with van der Waals surface area (Å²) in [5.41, 5.74) is 1.41. The van der Waals surface area contributed by atoms with Crippen molar-refractivity contribution in [3.63, 3.8) is 0 Å². The van der Waals surface area contributed by atoms with Crippen molar-refractivity contribution in [3.8, 4) is 5.75 Å². The average molecular weight is 321 g/mol. The quantitative estimate of drug-likeness (QED) is 0.901. The van der Waals surface area contributed by atoms with Crippen molar-refractivity contribution in [2.75, 3.05) is 32.8 Å². The summed E-state index contributed by atoms with van der Waals surface area (Å²) in [6, 6.07) is 9.14. The molecule has 1 fully saturated rings. The van der Waals surface area contributed by atoms with Crippen LogP contribution in [-0.2, 0) is 0 Å². The van der Waals surface area contributed by atoms with E-state index in [0.717, 1.165) is 45.0 Å². The van der Waals surface area contributed by atoms with Gasteiger partial charge < -0.3 is 10.1 Å². The molecule has 0 amide bonds. The number of hydrogen-bond donors (Lipinski definition) is 1. The van der Waals surface area contributed by atoms with Gasteiger partial charge in [0.25, 0.3) is 0 Å². The van der Waals surface area contributed by atoms with E-state index >= 15 is 0 Å². The van der Waals surface area contributed by atoms with E-state index in [0.29, 0.717) is 6.04 Å². The van der Waals surface area contributed by atoms with Gasteiger partial charge in [-0.05, 0) is 31.0 Å². The predicted molar refractivity (Wildman–Crippen MR) is 89.6 cm³/mol. The second kappa shape index (κ2) is 10.3. The fraction of sp³-hybridized carbons (Fsp3) is 0.600. The molecule has 0 aliphatic carbocycles. The normalized spacial score (nSPS) is 16.7. The van der Waals surface area contributed by atoms with Crippen LogP contribution in [-0.4, -0.2) is 37.7 Å². The Morgan fingerprint density at radius 3 is 2.20 bits per heavy atom. The van der Waals surface area contributed by atoms with Crippen LogP contribution in [0.15, 0.2) is 24.3 Å². The van der Waals surface area contributed by atoms with E-state index in [1.54, 1.807) is 0 Å². The van der Waals surface area contributed by atoms with Crippen LogP contribution in [0.5, 0.6) is 5.75 Å². The number of ether oxygens (including phenoxy) is 1. The van der Waals surface area contributed by atoms with E-state index in [2.05, 4.69) is 41.4 Å². The van der Waals surface area contributed by atoms with Crippen molar-refractivity contribution in [2.45, 2.75) is 26.3 Å². The summed E-state index contributed by atoms with van der Waals surface area (Å²) in [6.07, 6.45) is 1.16. The molecule has 1 N–H and O–H groups in total. The van der Waals surface area contributed by atoms with Crippen LogP contribution in [0.2, 0.25) is 0 Å². The lowest BCUT2D eigenvalue weighted by atomic mass is 10.0. The molecule has 0 aromatic heterocycles. The van der Waals surface area contributed by atoms with Crippen LogP contribution in [0.4, 0.5) is 0 Å². The van der Waals surface area contributed by atoms with Gasteiger partial charge in [0.05, 0.1) is 6.61 Å². The van der Waals surface area contributed by atoms with E-state index in [1.807, 2.05) is 6.92 Å². The average Bonchev–Trinajstić information content (AvgIpc) is 2.43. The third-order valence-electron chi connectivity index (χ3n) is 3.55. The van der Waals surface area contributed by atoms with Crippen LogP contribution in [0.25, 0.3) is 0 Å². The van der Waals surface area contributed by atoms with Gasteiger partial charge in [-0.2, -0.15) is 0 Å². The van der Waals surface area contributed by atoms with Crippen LogP contribution < -0.4 is 10.1 Å². The largest absolute Gasteiger partial charge is 0.494 e. The molecule has 5 heteroatoms. The fourth-order valence-electron chi connectivity index (χ4n) is 2.65. The zero-order valence-corrected chi connectivity index (χ0v) is 13.9. The van der Waals surface area contributed by atoms with E-state index < -0.39 is 0 Å². The number of benzene rings is 1. The molecule has 0 unspecified atom stereocenters. The van der Waals surface area contributed by atoms with Crippen molar-refractivity contribution in [1.29, 1.82) is 0 Å². The molecule has 1 aliphatic rings. The molecule has 1 aromatic rings. The first-order valence-electron chi connectivity index (χ1n) is 7.02. The number of nitrogens with one attached hydrogen (secondary N) is 1. The minimum Gasteiger partial charge on any atom is -0.494 e. The lowest BCUT2D eigenvalue weighted by molar-refractivity contribution is 0.169. The van der Waals surface area contributed by atoms with Gasteiger partial charge in [0, 0.05) is 32.2 Å².